The first kappa shape index (κ1) is 22.7. The Bertz CT molecular complexity index is 726. The van der Waals surface area contributed by atoms with E-state index in [2.05, 4.69) is 10.3 Å². The van der Waals surface area contributed by atoms with Gasteiger partial charge in [-0.3, -0.25) is 4.79 Å². The number of piperidine rings is 1. The van der Waals surface area contributed by atoms with E-state index in [4.69, 9.17) is 4.42 Å². The number of oxazole rings is 1. The van der Waals surface area contributed by atoms with Gasteiger partial charge in [0.25, 0.3) is 0 Å². The highest BCUT2D eigenvalue weighted by Crippen LogP contribution is 2.28. The number of aromatic nitrogens is 1. The third kappa shape index (κ3) is 6.23. The molecule has 0 unspecified atom stereocenters. The van der Waals surface area contributed by atoms with Crippen LogP contribution < -0.4 is 5.32 Å². The van der Waals surface area contributed by atoms with Crippen LogP contribution in [0.2, 0.25) is 0 Å². The predicted molar refractivity (Wildman–Crippen MR) is 115 cm³/mol. The lowest BCUT2D eigenvalue weighted by Gasteiger charge is -2.32. The van der Waals surface area contributed by atoms with Crippen molar-refractivity contribution in [3.05, 3.63) is 42.4 Å². The SMILES string of the molecule is Cl.Cl.O=C(CCc1ncc(-c2ccccc2)o1)N1CCC(NCC2CC2)CC1. The number of nitrogens with zero attached hydrogens (tertiary/aromatic N) is 2. The van der Waals surface area contributed by atoms with Gasteiger partial charge in [-0.2, -0.15) is 0 Å². The number of carbonyl (C=O) groups excluding carboxylic acids is 1. The average molecular weight is 426 g/mol. The van der Waals surface area contributed by atoms with Gasteiger partial charge in [0, 0.05) is 37.5 Å². The summed E-state index contributed by atoms with van der Waals surface area (Å²) in [6.45, 7) is 2.89. The van der Waals surface area contributed by atoms with E-state index in [1.54, 1.807) is 6.20 Å². The summed E-state index contributed by atoms with van der Waals surface area (Å²) in [5.74, 6) is 2.52. The van der Waals surface area contributed by atoms with E-state index >= 15 is 0 Å². The Kier molecular flexibility index (Phi) is 8.80. The van der Waals surface area contributed by atoms with Crippen molar-refractivity contribution < 1.29 is 9.21 Å². The summed E-state index contributed by atoms with van der Waals surface area (Å²) < 4.78 is 5.79. The number of amides is 1. The van der Waals surface area contributed by atoms with Gasteiger partial charge < -0.3 is 14.6 Å². The Morgan fingerprint density at radius 2 is 1.82 bits per heavy atom. The number of nitrogens with one attached hydrogen (secondary N) is 1. The number of rotatable bonds is 7. The molecule has 1 N–H and O–H groups in total. The number of hydrogen-bond acceptors (Lipinski definition) is 4. The lowest BCUT2D eigenvalue weighted by Crippen LogP contribution is -2.45. The zero-order valence-electron chi connectivity index (χ0n) is 16.0. The van der Waals surface area contributed by atoms with Crippen molar-refractivity contribution >= 4 is 30.7 Å². The normalized spacial score (nSPS) is 16.9. The molecule has 1 aromatic heterocycles. The van der Waals surface area contributed by atoms with Crippen LogP contribution >= 0.6 is 24.8 Å². The fourth-order valence-electron chi connectivity index (χ4n) is 3.52. The zero-order chi connectivity index (χ0) is 17.8. The Morgan fingerprint density at radius 3 is 2.50 bits per heavy atom. The number of aryl methyl sites for hydroxylation is 1. The van der Waals surface area contributed by atoms with Gasteiger partial charge in [-0.15, -0.1) is 24.8 Å². The maximum atomic E-state index is 12.5. The summed E-state index contributed by atoms with van der Waals surface area (Å²) in [5, 5.41) is 3.66. The molecule has 0 bridgehead atoms. The maximum Gasteiger partial charge on any atom is 0.223 e. The number of hydrogen-bond donors (Lipinski definition) is 1. The van der Waals surface area contributed by atoms with Gasteiger partial charge in [0.15, 0.2) is 11.7 Å². The first-order chi connectivity index (χ1) is 12.8. The van der Waals surface area contributed by atoms with Gasteiger partial charge in [-0.25, -0.2) is 4.98 Å². The molecule has 28 heavy (non-hydrogen) atoms. The summed E-state index contributed by atoms with van der Waals surface area (Å²) in [6.07, 6.45) is 7.67. The van der Waals surface area contributed by atoms with Crippen molar-refractivity contribution in [3.8, 4) is 11.3 Å². The van der Waals surface area contributed by atoms with E-state index in [0.29, 0.717) is 24.8 Å². The van der Waals surface area contributed by atoms with Crippen molar-refractivity contribution in [2.75, 3.05) is 19.6 Å². The van der Waals surface area contributed by atoms with Crippen LogP contribution in [0.3, 0.4) is 0 Å². The van der Waals surface area contributed by atoms with E-state index in [9.17, 15) is 4.79 Å². The number of likely N-dealkylation sites (tertiary alicyclic amines) is 1. The molecule has 1 amide bonds. The van der Waals surface area contributed by atoms with Gasteiger partial charge in [0.1, 0.15) is 0 Å². The van der Waals surface area contributed by atoms with Crippen LogP contribution in [0.15, 0.2) is 40.9 Å². The molecule has 7 heteroatoms. The fraction of sp³-hybridized carbons (Fsp3) is 0.524. The van der Waals surface area contributed by atoms with Crippen LogP contribution in [-0.2, 0) is 11.2 Å². The third-order valence-electron chi connectivity index (χ3n) is 5.40. The van der Waals surface area contributed by atoms with Crippen LogP contribution in [-0.4, -0.2) is 41.5 Å². The molecule has 0 radical (unpaired) electrons. The van der Waals surface area contributed by atoms with E-state index in [1.165, 1.54) is 12.8 Å². The second-order valence-electron chi connectivity index (χ2n) is 7.49. The minimum Gasteiger partial charge on any atom is -0.441 e. The lowest BCUT2D eigenvalue weighted by molar-refractivity contribution is -0.132. The van der Waals surface area contributed by atoms with Crippen molar-refractivity contribution in [1.29, 1.82) is 0 Å². The zero-order valence-corrected chi connectivity index (χ0v) is 17.6. The molecular formula is C21H29Cl2N3O2. The highest BCUT2D eigenvalue weighted by molar-refractivity contribution is 5.85. The van der Waals surface area contributed by atoms with Gasteiger partial charge in [-0.05, 0) is 38.1 Å². The summed E-state index contributed by atoms with van der Waals surface area (Å²) >= 11 is 0. The van der Waals surface area contributed by atoms with E-state index < -0.39 is 0 Å². The molecule has 2 aromatic rings. The van der Waals surface area contributed by atoms with Crippen molar-refractivity contribution in [3.63, 3.8) is 0 Å². The molecular weight excluding hydrogens is 397 g/mol. The highest BCUT2D eigenvalue weighted by Gasteiger charge is 2.26. The predicted octanol–water partition coefficient (Wildman–Crippen LogP) is 4.11. The van der Waals surface area contributed by atoms with Gasteiger partial charge in [0.2, 0.25) is 5.91 Å². The van der Waals surface area contributed by atoms with Gasteiger partial charge in [0.05, 0.1) is 6.20 Å². The Hall–Kier alpha value is -1.56. The van der Waals surface area contributed by atoms with Crippen LogP contribution in [0.1, 0.15) is 38.0 Å². The fourth-order valence-corrected chi connectivity index (χ4v) is 3.52. The molecule has 1 aliphatic heterocycles. The molecule has 0 atom stereocenters. The summed E-state index contributed by atoms with van der Waals surface area (Å²) in [5.41, 5.74) is 1.01. The Balaban J connectivity index is 0.00000140. The van der Waals surface area contributed by atoms with Crippen LogP contribution in [0.5, 0.6) is 0 Å². The number of benzene rings is 1. The molecule has 0 spiro atoms. The van der Waals surface area contributed by atoms with Crippen LogP contribution in [0.4, 0.5) is 0 Å². The van der Waals surface area contributed by atoms with Gasteiger partial charge >= 0.3 is 0 Å². The summed E-state index contributed by atoms with van der Waals surface area (Å²) in [6, 6.07) is 10.5. The largest absolute Gasteiger partial charge is 0.441 e. The molecule has 2 fully saturated rings. The summed E-state index contributed by atoms with van der Waals surface area (Å²) in [4.78, 5) is 18.8. The minimum atomic E-state index is 0. The molecule has 1 saturated heterocycles. The van der Waals surface area contributed by atoms with Crippen molar-refractivity contribution in [1.82, 2.24) is 15.2 Å². The first-order valence-corrected chi connectivity index (χ1v) is 9.79. The Labute approximate surface area is 179 Å². The third-order valence-corrected chi connectivity index (χ3v) is 5.40. The smallest absolute Gasteiger partial charge is 0.223 e. The molecule has 1 saturated carbocycles. The molecule has 2 heterocycles. The van der Waals surface area contributed by atoms with Crippen LogP contribution in [0.25, 0.3) is 11.3 Å². The van der Waals surface area contributed by atoms with Crippen molar-refractivity contribution in [2.45, 2.75) is 44.6 Å². The topological polar surface area (TPSA) is 58.4 Å². The standard InChI is InChI=1S/C21H27N3O2.2ClH/c25-21(24-12-10-18(11-13-24)22-14-16-6-7-16)9-8-20-23-15-19(26-20)17-4-2-1-3-5-17;;/h1-5,15-16,18,22H,6-14H2;2*1H. The second kappa shape index (κ2) is 10.8. The van der Waals surface area contributed by atoms with Crippen LogP contribution in [0, 0.1) is 5.92 Å². The number of carbonyl (C=O) groups is 1. The first-order valence-electron chi connectivity index (χ1n) is 9.79. The monoisotopic (exact) mass is 425 g/mol. The molecule has 5 nitrogen and oxygen atoms in total. The lowest BCUT2D eigenvalue weighted by atomic mass is 10.0. The summed E-state index contributed by atoms with van der Waals surface area (Å²) in [7, 11) is 0. The van der Waals surface area contributed by atoms with Crippen molar-refractivity contribution in [2.24, 2.45) is 5.92 Å². The average Bonchev–Trinajstić information content (AvgIpc) is 3.41. The quantitative estimate of drug-likeness (QED) is 0.724. The molecule has 4 rings (SSSR count). The van der Waals surface area contributed by atoms with Gasteiger partial charge in [-0.1, -0.05) is 30.3 Å². The highest BCUT2D eigenvalue weighted by atomic mass is 35.5. The van der Waals surface area contributed by atoms with E-state index in [1.807, 2.05) is 35.2 Å². The Morgan fingerprint density at radius 1 is 1.11 bits per heavy atom. The second-order valence-corrected chi connectivity index (χ2v) is 7.49. The van der Waals surface area contributed by atoms with E-state index in [-0.39, 0.29) is 30.7 Å². The minimum absolute atomic E-state index is 0. The molecule has 1 aromatic carbocycles. The maximum absolute atomic E-state index is 12.5. The van der Waals surface area contributed by atoms with E-state index in [0.717, 1.165) is 49.7 Å². The number of halogens is 2. The molecule has 154 valence electrons. The molecule has 2 aliphatic rings. The molecule has 1 aliphatic carbocycles.